The van der Waals surface area contributed by atoms with Gasteiger partial charge in [0.25, 0.3) is 0 Å². The molecule has 1 aliphatic rings. The molecule has 2 rings (SSSR count). The van der Waals surface area contributed by atoms with Crippen molar-refractivity contribution in [2.24, 2.45) is 0 Å². The van der Waals surface area contributed by atoms with E-state index >= 15 is 0 Å². The predicted octanol–water partition coefficient (Wildman–Crippen LogP) is 2.72. The van der Waals surface area contributed by atoms with Crippen LogP contribution in [0.5, 0.6) is 5.75 Å². The SMILES string of the molecule is CC(C)(C)c1ccccc1O[C@@H]1CCNC1. The summed E-state index contributed by atoms with van der Waals surface area (Å²) in [7, 11) is 0. The Kier molecular flexibility index (Phi) is 3.20. The van der Waals surface area contributed by atoms with Gasteiger partial charge in [0.15, 0.2) is 0 Å². The number of nitrogens with one attached hydrogen (secondary N) is 1. The Balaban J connectivity index is 2.19. The monoisotopic (exact) mass is 219 g/mol. The van der Waals surface area contributed by atoms with Crippen LogP contribution in [-0.4, -0.2) is 19.2 Å². The molecule has 16 heavy (non-hydrogen) atoms. The molecule has 0 radical (unpaired) electrons. The summed E-state index contributed by atoms with van der Waals surface area (Å²) in [6.45, 7) is 8.72. The fourth-order valence-corrected chi connectivity index (χ4v) is 2.10. The fourth-order valence-electron chi connectivity index (χ4n) is 2.10. The summed E-state index contributed by atoms with van der Waals surface area (Å²) >= 11 is 0. The Hall–Kier alpha value is -1.02. The van der Waals surface area contributed by atoms with Crippen LogP contribution in [0.1, 0.15) is 32.8 Å². The van der Waals surface area contributed by atoms with Gasteiger partial charge in [-0.2, -0.15) is 0 Å². The number of rotatable bonds is 2. The molecule has 0 spiro atoms. The number of hydrogen-bond acceptors (Lipinski definition) is 2. The number of benzene rings is 1. The van der Waals surface area contributed by atoms with E-state index in [4.69, 9.17) is 4.74 Å². The molecule has 1 N–H and O–H groups in total. The molecule has 0 saturated carbocycles. The second kappa shape index (κ2) is 4.46. The lowest BCUT2D eigenvalue weighted by Gasteiger charge is -2.24. The van der Waals surface area contributed by atoms with Gasteiger partial charge in [-0.25, -0.2) is 0 Å². The highest BCUT2D eigenvalue weighted by molar-refractivity contribution is 5.38. The van der Waals surface area contributed by atoms with Crippen molar-refractivity contribution in [2.75, 3.05) is 13.1 Å². The summed E-state index contributed by atoms with van der Waals surface area (Å²) in [5.41, 5.74) is 1.43. The van der Waals surface area contributed by atoms with Gasteiger partial charge in [0.1, 0.15) is 11.9 Å². The van der Waals surface area contributed by atoms with E-state index in [0.29, 0.717) is 6.10 Å². The minimum absolute atomic E-state index is 0.141. The van der Waals surface area contributed by atoms with Crippen molar-refractivity contribution in [1.29, 1.82) is 0 Å². The van der Waals surface area contributed by atoms with E-state index in [2.05, 4.69) is 44.3 Å². The lowest BCUT2D eigenvalue weighted by atomic mass is 9.86. The van der Waals surface area contributed by atoms with Crippen LogP contribution >= 0.6 is 0 Å². The second-order valence-electron chi connectivity index (χ2n) is 5.48. The Morgan fingerprint density at radius 1 is 1.25 bits per heavy atom. The zero-order chi connectivity index (χ0) is 11.6. The maximum atomic E-state index is 6.07. The van der Waals surface area contributed by atoms with E-state index in [1.54, 1.807) is 0 Å². The van der Waals surface area contributed by atoms with E-state index in [1.165, 1.54) is 5.56 Å². The van der Waals surface area contributed by atoms with Crippen molar-refractivity contribution in [3.63, 3.8) is 0 Å². The topological polar surface area (TPSA) is 21.3 Å². The van der Waals surface area contributed by atoms with E-state index in [0.717, 1.165) is 25.3 Å². The first-order valence-electron chi connectivity index (χ1n) is 6.04. The van der Waals surface area contributed by atoms with Crippen molar-refractivity contribution >= 4 is 0 Å². The molecular weight excluding hydrogens is 198 g/mol. The molecule has 2 nitrogen and oxygen atoms in total. The molecule has 0 bridgehead atoms. The fraction of sp³-hybridized carbons (Fsp3) is 0.571. The maximum absolute atomic E-state index is 6.07. The number of para-hydroxylation sites is 1. The minimum Gasteiger partial charge on any atom is -0.489 e. The van der Waals surface area contributed by atoms with Gasteiger partial charge in [-0.3, -0.25) is 0 Å². The molecule has 1 aromatic rings. The van der Waals surface area contributed by atoms with Gasteiger partial charge >= 0.3 is 0 Å². The summed E-state index contributed by atoms with van der Waals surface area (Å²) in [6.07, 6.45) is 1.45. The lowest BCUT2D eigenvalue weighted by molar-refractivity contribution is 0.218. The van der Waals surface area contributed by atoms with E-state index in [-0.39, 0.29) is 5.41 Å². The van der Waals surface area contributed by atoms with Gasteiger partial charge in [0.05, 0.1) is 0 Å². The Morgan fingerprint density at radius 2 is 2.00 bits per heavy atom. The lowest BCUT2D eigenvalue weighted by Crippen LogP contribution is -2.22. The van der Waals surface area contributed by atoms with Crippen molar-refractivity contribution in [1.82, 2.24) is 5.32 Å². The molecule has 1 aliphatic heterocycles. The predicted molar refractivity (Wildman–Crippen MR) is 67.0 cm³/mol. The molecule has 0 aromatic heterocycles. The van der Waals surface area contributed by atoms with Crippen LogP contribution in [0, 0.1) is 0 Å². The average molecular weight is 219 g/mol. The molecule has 0 aliphatic carbocycles. The molecule has 1 atom stereocenters. The minimum atomic E-state index is 0.141. The number of hydrogen-bond donors (Lipinski definition) is 1. The molecule has 0 unspecified atom stereocenters. The normalized spacial score (nSPS) is 21.1. The van der Waals surface area contributed by atoms with Crippen LogP contribution < -0.4 is 10.1 Å². The first-order valence-corrected chi connectivity index (χ1v) is 6.04. The molecule has 88 valence electrons. The Labute approximate surface area is 98.0 Å². The van der Waals surface area contributed by atoms with Crippen LogP contribution in [0.2, 0.25) is 0 Å². The van der Waals surface area contributed by atoms with Gasteiger partial charge in [-0.15, -0.1) is 0 Å². The van der Waals surface area contributed by atoms with Crippen LogP contribution in [0.4, 0.5) is 0 Å². The average Bonchev–Trinajstić information content (AvgIpc) is 2.70. The van der Waals surface area contributed by atoms with Crippen LogP contribution in [-0.2, 0) is 5.41 Å². The van der Waals surface area contributed by atoms with Crippen LogP contribution in [0.3, 0.4) is 0 Å². The molecular formula is C14H21NO. The highest BCUT2D eigenvalue weighted by atomic mass is 16.5. The van der Waals surface area contributed by atoms with Crippen molar-refractivity contribution in [3.8, 4) is 5.75 Å². The van der Waals surface area contributed by atoms with Crippen LogP contribution in [0.15, 0.2) is 24.3 Å². The molecule has 0 amide bonds. The third-order valence-corrected chi connectivity index (χ3v) is 3.00. The third-order valence-electron chi connectivity index (χ3n) is 3.00. The van der Waals surface area contributed by atoms with Gasteiger partial charge in [-0.1, -0.05) is 39.0 Å². The van der Waals surface area contributed by atoms with Crippen molar-refractivity contribution in [3.05, 3.63) is 29.8 Å². The standard InChI is InChI=1S/C14H21NO/c1-14(2,3)12-6-4-5-7-13(12)16-11-8-9-15-10-11/h4-7,11,15H,8-10H2,1-3H3/t11-/m1/s1. The van der Waals surface area contributed by atoms with Gasteiger partial charge in [0.2, 0.25) is 0 Å². The molecule has 1 saturated heterocycles. The van der Waals surface area contributed by atoms with E-state index in [1.807, 2.05) is 6.07 Å². The third kappa shape index (κ3) is 2.56. The Morgan fingerprint density at radius 3 is 2.62 bits per heavy atom. The van der Waals surface area contributed by atoms with Crippen molar-refractivity contribution in [2.45, 2.75) is 38.7 Å². The first kappa shape index (κ1) is 11.5. The van der Waals surface area contributed by atoms with Gasteiger partial charge in [-0.05, 0) is 30.0 Å². The van der Waals surface area contributed by atoms with E-state index in [9.17, 15) is 0 Å². The highest BCUT2D eigenvalue weighted by Crippen LogP contribution is 2.31. The largest absolute Gasteiger partial charge is 0.489 e. The van der Waals surface area contributed by atoms with Crippen LogP contribution in [0.25, 0.3) is 0 Å². The van der Waals surface area contributed by atoms with Gasteiger partial charge < -0.3 is 10.1 Å². The smallest absolute Gasteiger partial charge is 0.123 e. The van der Waals surface area contributed by atoms with Gasteiger partial charge in [0, 0.05) is 6.54 Å². The summed E-state index contributed by atoms with van der Waals surface area (Å²) in [5, 5.41) is 3.33. The molecule has 1 aromatic carbocycles. The molecule has 1 heterocycles. The second-order valence-corrected chi connectivity index (χ2v) is 5.48. The quantitative estimate of drug-likeness (QED) is 0.825. The molecule has 1 fully saturated rings. The maximum Gasteiger partial charge on any atom is 0.123 e. The summed E-state index contributed by atoms with van der Waals surface area (Å²) in [6, 6.07) is 8.38. The molecule has 2 heteroatoms. The Bertz CT molecular complexity index is 348. The summed E-state index contributed by atoms with van der Waals surface area (Å²) in [4.78, 5) is 0. The summed E-state index contributed by atoms with van der Waals surface area (Å²) in [5.74, 6) is 1.05. The zero-order valence-corrected chi connectivity index (χ0v) is 10.4. The zero-order valence-electron chi connectivity index (χ0n) is 10.4. The van der Waals surface area contributed by atoms with E-state index < -0.39 is 0 Å². The number of ether oxygens (including phenoxy) is 1. The summed E-state index contributed by atoms with van der Waals surface area (Å²) < 4.78 is 6.07. The first-order chi connectivity index (χ1) is 7.57. The van der Waals surface area contributed by atoms with Crippen molar-refractivity contribution < 1.29 is 4.74 Å². The highest BCUT2D eigenvalue weighted by Gasteiger charge is 2.22.